The van der Waals surface area contributed by atoms with Crippen LogP contribution in [-0.4, -0.2) is 24.1 Å². The molecule has 1 aliphatic rings. The summed E-state index contributed by atoms with van der Waals surface area (Å²) >= 11 is 3.29. The Kier molecular flexibility index (Phi) is 4.44. The second-order valence-electron chi connectivity index (χ2n) is 4.78. The molecule has 1 saturated heterocycles. The number of thiophene rings is 1. The van der Waals surface area contributed by atoms with Crippen LogP contribution in [0.1, 0.15) is 22.3 Å². The van der Waals surface area contributed by atoms with E-state index in [2.05, 4.69) is 21.7 Å². The number of nitrogens with one attached hydrogen (secondary N) is 1. The lowest BCUT2D eigenvalue weighted by atomic mass is 10.1. The number of nitrogens with zero attached hydrogens (tertiary/aromatic N) is 1. The van der Waals surface area contributed by atoms with E-state index in [0.717, 1.165) is 17.8 Å². The van der Waals surface area contributed by atoms with Crippen LogP contribution in [0.5, 0.6) is 0 Å². The first-order chi connectivity index (χ1) is 9.83. The molecule has 6 heteroatoms. The van der Waals surface area contributed by atoms with Crippen LogP contribution in [-0.2, 0) is 16.0 Å². The summed E-state index contributed by atoms with van der Waals surface area (Å²) in [5.74, 6) is 0.0695. The Bertz CT molecular complexity index is 534. The third-order valence-corrected chi connectivity index (χ3v) is 5.14. The maximum atomic E-state index is 12.3. The molecular formula is C14H16N2O2S2. The number of hydrogen-bond acceptors (Lipinski definition) is 5. The number of carbonyl (C=O) groups excluding carboxylic acids is 1. The predicted molar refractivity (Wildman–Crippen MR) is 79.9 cm³/mol. The zero-order valence-corrected chi connectivity index (χ0v) is 12.6. The SMILES string of the molecule is O=C(N[C@H](Cc1cccs1)c1nccs1)[C@H]1CCOC1. The Morgan fingerprint density at radius 1 is 1.50 bits per heavy atom. The third-order valence-electron chi connectivity index (χ3n) is 3.35. The summed E-state index contributed by atoms with van der Waals surface area (Å²) in [5.41, 5.74) is 0. The van der Waals surface area contributed by atoms with Crippen molar-refractivity contribution in [2.75, 3.05) is 13.2 Å². The van der Waals surface area contributed by atoms with E-state index in [4.69, 9.17) is 4.74 Å². The fourth-order valence-corrected chi connectivity index (χ4v) is 3.71. The molecule has 0 unspecified atom stereocenters. The van der Waals surface area contributed by atoms with E-state index in [1.807, 2.05) is 11.4 Å². The van der Waals surface area contributed by atoms with Gasteiger partial charge < -0.3 is 10.1 Å². The highest BCUT2D eigenvalue weighted by Crippen LogP contribution is 2.24. The molecule has 1 aliphatic heterocycles. The van der Waals surface area contributed by atoms with Gasteiger partial charge in [0, 0.05) is 29.5 Å². The average molecular weight is 308 g/mol. The van der Waals surface area contributed by atoms with Crippen molar-refractivity contribution in [2.45, 2.75) is 18.9 Å². The third kappa shape index (κ3) is 3.26. The second-order valence-corrected chi connectivity index (χ2v) is 6.73. The summed E-state index contributed by atoms with van der Waals surface area (Å²) in [7, 11) is 0. The smallest absolute Gasteiger partial charge is 0.226 e. The van der Waals surface area contributed by atoms with Crippen molar-refractivity contribution in [1.29, 1.82) is 0 Å². The van der Waals surface area contributed by atoms with Crippen molar-refractivity contribution in [3.8, 4) is 0 Å². The molecule has 3 heterocycles. The molecule has 20 heavy (non-hydrogen) atoms. The lowest BCUT2D eigenvalue weighted by Crippen LogP contribution is -2.35. The van der Waals surface area contributed by atoms with E-state index >= 15 is 0 Å². The number of amides is 1. The molecule has 3 rings (SSSR count). The van der Waals surface area contributed by atoms with Crippen LogP contribution < -0.4 is 5.32 Å². The molecular weight excluding hydrogens is 292 g/mol. The van der Waals surface area contributed by atoms with Crippen LogP contribution in [0.4, 0.5) is 0 Å². The largest absolute Gasteiger partial charge is 0.381 e. The minimum absolute atomic E-state index is 0.0132. The summed E-state index contributed by atoms with van der Waals surface area (Å²) in [6.45, 7) is 1.22. The summed E-state index contributed by atoms with van der Waals surface area (Å²) in [6, 6.07) is 4.09. The number of carbonyl (C=O) groups is 1. The Balaban J connectivity index is 1.70. The van der Waals surface area contributed by atoms with Gasteiger partial charge in [-0.25, -0.2) is 4.98 Å². The summed E-state index contributed by atoms with van der Waals surface area (Å²) < 4.78 is 5.28. The highest BCUT2D eigenvalue weighted by atomic mass is 32.1. The van der Waals surface area contributed by atoms with Crippen LogP contribution in [0.3, 0.4) is 0 Å². The predicted octanol–water partition coefficient (Wildman–Crippen LogP) is 2.64. The first-order valence-electron chi connectivity index (χ1n) is 6.63. The van der Waals surface area contributed by atoms with Gasteiger partial charge in [-0.1, -0.05) is 6.07 Å². The molecule has 1 amide bonds. The van der Waals surface area contributed by atoms with Crippen LogP contribution in [0.15, 0.2) is 29.1 Å². The van der Waals surface area contributed by atoms with Crippen molar-refractivity contribution >= 4 is 28.6 Å². The topological polar surface area (TPSA) is 51.2 Å². The standard InChI is InChI=1S/C14H16N2O2S2/c17-13(10-3-5-18-9-10)16-12(14-15-4-7-20-14)8-11-2-1-6-19-11/h1-2,4,6-7,10,12H,3,5,8-9H2,(H,16,17)/t10-,12+/m0/s1. The lowest BCUT2D eigenvalue weighted by Gasteiger charge is -2.18. The Morgan fingerprint density at radius 3 is 3.10 bits per heavy atom. The van der Waals surface area contributed by atoms with Gasteiger partial charge in [0.25, 0.3) is 0 Å². The number of ether oxygens (including phenoxy) is 1. The highest BCUT2D eigenvalue weighted by molar-refractivity contribution is 7.10. The fraction of sp³-hybridized carbons (Fsp3) is 0.429. The van der Waals surface area contributed by atoms with Gasteiger partial charge in [-0.3, -0.25) is 4.79 Å². The minimum Gasteiger partial charge on any atom is -0.381 e. The molecule has 1 fully saturated rings. The van der Waals surface area contributed by atoms with Crippen molar-refractivity contribution in [3.05, 3.63) is 39.0 Å². The van der Waals surface area contributed by atoms with E-state index in [0.29, 0.717) is 13.2 Å². The Labute approximate surface area is 125 Å². The van der Waals surface area contributed by atoms with Crippen molar-refractivity contribution < 1.29 is 9.53 Å². The molecule has 2 atom stereocenters. The molecule has 0 spiro atoms. The van der Waals surface area contributed by atoms with Gasteiger partial charge in [0.15, 0.2) is 0 Å². The summed E-state index contributed by atoms with van der Waals surface area (Å²) in [6.07, 6.45) is 3.40. The molecule has 106 valence electrons. The van der Waals surface area contributed by atoms with Gasteiger partial charge in [-0.2, -0.15) is 0 Å². The van der Waals surface area contributed by atoms with Crippen LogP contribution >= 0.6 is 22.7 Å². The van der Waals surface area contributed by atoms with Crippen LogP contribution in [0.25, 0.3) is 0 Å². The first kappa shape index (κ1) is 13.7. The van der Waals surface area contributed by atoms with E-state index in [1.54, 1.807) is 28.9 Å². The Hall–Kier alpha value is -1.24. The van der Waals surface area contributed by atoms with Gasteiger partial charge in [0.1, 0.15) is 5.01 Å². The van der Waals surface area contributed by atoms with Gasteiger partial charge in [0.05, 0.1) is 18.6 Å². The molecule has 0 aliphatic carbocycles. The normalized spacial score (nSPS) is 19.9. The van der Waals surface area contributed by atoms with Gasteiger partial charge in [0.2, 0.25) is 5.91 Å². The monoisotopic (exact) mass is 308 g/mol. The van der Waals surface area contributed by atoms with E-state index in [1.165, 1.54) is 4.88 Å². The van der Waals surface area contributed by atoms with E-state index < -0.39 is 0 Å². The molecule has 2 aromatic heterocycles. The zero-order valence-electron chi connectivity index (χ0n) is 11.0. The number of hydrogen-bond donors (Lipinski definition) is 1. The van der Waals surface area contributed by atoms with Crippen LogP contribution in [0.2, 0.25) is 0 Å². The molecule has 0 radical (unpaired) electrons. The molecule has 4 nitrogen and oxygen atoms in total. The van der Waals surface area contributed by atoms with Crippen molar-refractivity contribution in [1.82, 2.24) is 10.3 Å². The average Bonchev–Trinajstić information content (AvgIpc) is 3.20. The molecule has 0 aromatic carbocycles. The maximum Gasteiger partial charge on any atom is 0.226 e. The zero-order chi connectivity index (χ0) is 13.8. The molecule has 1 N–H and O–H groups in total. The summed E-state index contributed by atoms with van der Waals surface area (Å²) in [4.78, 5) is 17.9. The highest BCUT2D eigenvalue weighted by Gasteiger charge is 2.27. The lowest BCUT2D eigenvalue weighted by molar-refractivity contribution is -0.125. The second kappa shape index (κ2) is 6.47. The molecule has 2 aromatic rings. The fourth-order valence-electron chi connectivity index (χ4n) is 2.27. The van der Waals surface area contributed by atoms with Gasteiger partial charge in [-0.05, 0) is 17.9 Å². The summed E-state index contributed by atoms with van der Waals surface area (Å²) in [5, 5.41) is 8.10. The van der Waals surface area contributed by atoms with Gasteiger partial charge in [-0.15, -0.1) is 22.7 Å². The van der Waals surface area contributed by atoms with Crippen molar-refractivity contribution in [3.63, 3.8) is 0 Å². The Morgan fingerprint density at radius 2 is 2.45 bits per heavy atom. The molecule has 0 saturated carbocycles. The van der Waals surface area contributed by atoms with Crippen molar-refractivity contribution in [2.24, 2.45) is 5.92 Å². The van der Waals surface area contributed by atoms with E-state index in [-0.39, 0.29) is 17.9 Å². The number of aromatic nitrogens is 1. The first-order valence-corrected chi connectivity index (χ1v) is 8.39. The number of thiazole rings is 1. The van der Waals surface area contributed by atoms with Crippen LogP contribution in [0, 0.1) is 5.92 Å². The van der Waals surface area contributed by atoms with E-state index in [9.17, 15) is 4.79 Å². The van der Waals surface area contributed by atoms with Gasteiger partial charge >= 0.3 is 0 Å². The quantitative estimate of drug-likeness (QED) is 0.924. The number of rotatable bonds is 5. The molecule has 0 bridgehead atoms. The maximum absolute atomic E-state index is 12.3. The minimum atomic E-state index is -0.0400.